The zero-order valence-corrected chi connectivity index (χ0v) is 20.1. The molecule has 3 rings (SSSR count). The Morgan fingerprint density at radius 3 is 2.34 bits per heavy atom. The first-order valence-corrected chi connectivity index (χ1v) is 11.0. The van der Waals surface area contributed by atoms with E-state index in [2.05, 4.69) is 15.6 Å². The molecule has 5 unspecified atom stereocenters. The van der Waals surface area contributed by atoms with Crippen LogP contribution in [0.15, 0.2) is 30.5 Å². The van der Waals surface area contributed by atoms with Gasteiger partial charge in [0.2, 0.25) is 5.91 Å². The van der Waals surface area contributed by atoms with E-state index in [4.69, 9.17) is 18.9 Å². The minimum Gasteiger partial charge on any atom is -0.456 e. The summed E-state index contributed by atoms with van der Waals surface area (Å²) in [4.78, 5) is 46.7. The highest BCUT2D eigenvalue weighted by atomic mass is 16.6. The molecular formula is C23H28N4O8. The number of carbonyl (C=O) groups excluding carboxylic acids is 4. The number of hydrogen-bond acceptors (Lipinski definition) is 10. The lowest BCUT2D eigenvalue weighted by molar-refractivity contribution is -0.215. The quantitative estimate of drug-likeness (QED) is 0.442. The topological polar surface area (TPSA) is 148 Å². The summed E-state index contributed by atoms with van der Waals surface area (Å²) in [5.41, 5.74) is 1.19. The number of esters is 3. The molecule has 0 bridgehead atoms. The number of ether oxygens (including phenoxy) is 4. The summed E-state index contributed by atoms with van der Waals surface area (Å²) >= 11 is 0. The van der Waals surface area contributed by atoms with Crippen molar-refractivity contribution in [2.45, 2.75) is 71.6 Å². The van der Waals surface area contributed by atoms with Crippen LogP contribution in [0.3, 0.4) is 0 Å². The fraction of sp³-hybridized carbons (Fsp3) is 0.478. The molecule has 0 saturated carbocycles. The second kappa shape index (κ2) is 11.1. The molecule has 2 aromatic rings. The Labute approximate surface area is 201 Å². The van der Waals surface area contributed by atoms with E-state index in [1.165, 1.54) is 32.4 Å². The van der Waals surface area contributed by atoms with Crippen LogP contribution in [-0.4, -0.2) is 69.3 Å². The molecule has 1 aromatic heterocycles. The maximum Gasteiger partial charge on any atom is 0.308 e. The molecule has 0 radical (unpaired) electrons. The summed E-state index contributed by atoms with van der Waals surface area (Å²) in [6.07, 6.45) is -1.65. The van der Waals surface area contributed by atoms with Gasteiger partial charge in [-0.25, -0.2) is 4.68 Å². The van der Waals surface area contributed by atoms with Crippen molar-refractivity contribution in [3.63, 3.8) is 0 Å². The minimum atomic E-state index is -1.01. The molecule has 5 atom stereocenters. The highest BCUT2D eigenvalue weighted by molar-refractivity contribution is 5.74. The molecule has 1 aliphatic heterocycles. The van der Waals surface area contributed by atoms with Crippen LogP contribution < -0.4 is 10.1 Å². The van der Waals surface area contributed by atoms with E-state index in [1.807, 2.05) is 0 Å². The molecular weight excluding hydrogens is 460 g/mol. The average Bonchev–Trinajstić information content (AvgIpc) is 3.21. The van der Waals surface area contributed by atoms with Crippen molar-refractivity contribution >= 4 is 23.8 Å². The fourth-order valence-corrected chi connectivity index (χ4v) is 3.96. The molecule has 0 aliphatic carbocycles. The van der Waals surface area contributed by atoms with Gasteiger partial charge in [-0.05, 0) is 19.1 Å². The normalized spacial score (nSPS) is 23.7. The third-order valence-electron chi connectivity index (χ3n) is 5.21. The molecule has 188 valence electrons. The summed E-state index contributed by atoms with van der Waals surface area (Å²) in [6, 6.07) is 6.09. The second-order valence-corrected chi connectivity index (χ2v) is 8.20. The number of benzene rings is 1. The van der Waals surface area contributed by atoms with E-state index >= 15 is 0 Å². The maximum atomic E-state index is 11.9. The van der Waals surface area contributed by atoms with E-state index in [0.29, 0.717) is 17.0 Å². The lowest BCUT2D eigenvalue weighted by atomic mass is 9.92. The predicted molar refractivity (Wildman–Crippen MR) is 120 cm³/mol. The monoisotopic (exact) mass is 488 g/mol. The first-order chi connectivity index (χ1) is 16.5. The number of hydrogen-bond donors (Lipinski definition) is 1. The number of aromatic nitrogens is 3. The molecule has 12 heteroatoms. The van der Waals surface area contributed by atoms with Gasteiger partial charge in [-0.3, -0.25) is 19.2 Å². The molecule has 35 heavy (non-hydrogen) atoms. The molecule has 1 aliphatic rings. The van der Waals surface area contributed by atoms with Gasteiger partial charge in [-0.15, -0.1) is 5.10 Å². The van der Waals surface area contributed by atoms with E-state index < -0.39 is 48.4 Å². The third-order valence-corrected chi connectivity index (χ3v) is 5.21. The Hall–Kier alpha value is -3.80. The lowest BCUT2D eigenvalue weighted by Crippen LogP contribution is -2.65. The van der Waals surface area contributed by atoms with Crippen LogP contribution in [0.1, 0.15) is 34.6 Å². The van der Waals surface area contributed by atoms with Crippen molar-refractivity contribution in [3.05, 3.63) is 30.5 Å². The number of amides is 1. The summed E-state index contributed by atoms with van der Waals surface area (Å²) in [5, 5.41) is 11.0. The molecule has 1 aromatic carbocycles. The van der Waals surface area contributed by atoms with Crippen LogP contribution in [0.5, 0.6) is 5.75 Å². The average molecular weight is 488 g/mol. The summed E-state index contributed by atoms with van der Waals surface area (Å²) in [5.74, 6) is -1.60. The maximum absolute atomic E-state index is 11.9. The molecule has 1 amide bonds. The molecule has 2 heterocycles. The van der Waals surface area contributed by atoms with E-state index in [1.54, 1.807) is 37.4 Å². The minimum absolute atomic E-state index is 0.115. The molecule has 1 N–H and O–H groups in total. The molecule has 12 nitrogen and oxygen atoms in total. The van der Waals surface area contributed by atoms with Gasteiger partial charge in [0.15, 0.2) is 12.2 Å². The zero-order chi connectivity index (χ0) is 25.7. The Kier molecular flexibility index (Phi) is 8.18. The predicted octanol–water partition coefficient (Wildman–Crippen LogP) is 1.03. The van der Waals surface area contributed by atoms with Crippen LogP contribution in [0.4, 0.5) is 0 Å². The van der Waals surface area contributed by atoms with Gasteiger partial charge >= 0.3 is 17.9 Å². The first-order valence-electron chi connectivity index (χ1n) is 11.0. The fourth-order valence-electron chi connectivity index (χ4n) is 3.96. The van der Waals surface area contributed by atoms with Gasteiger partial charge in [0.25, 0.3) is 0 Å². The number of carbonyl (C=O) groups is 4. The van der Waals surface area contributed by atoms with Crippen molar-refractivity contribution in [3.8, 4) is 17.0 Å². The Morgan fingerprint density at radius 2 is 1.71 bits per heavy atom. The van der Waals surface area contributed by atoms with Gasteiger partial charge in [-0.1, -0.05) is 17.3 Å². The van der Waals surface area contributed by atoms with Crippen LogP contribution in [0, 0.1) is 0 Å². The Bertz CT molecular complexity index is 1100. The highest BCUT2D eigenvalue weighted by Crippen LogP contribution is 2.28. The standard InChI is InChI=1S/C23H28N4O8/c1-12-21(24-13(2)28)23(35-16(5)31)22(34-15(4)30)20(32-12)11-27-10-19(25-26-27)17-7-6-8-18(9-17)33-14(3)29/h6-10,12,20-23H,11H2,1-5H3,(H,24,28). The number of rotatable bonds is 7. The lowest BCUT2D eigenvalue weighted by Gasteiger charge is -2.44. The third kappa shape index (κ3) is 6.85. The number of nitrogens with one attached hydrogen (secondary N) is 1. The van der Waals surface area contributed by atoms with Gasteiger partial charge in [0.1, 0.15) is 17.5 Å². The number of nitrogens with zero attached hydrogens (tertiary/aromatic N) is 3. The van der Waals surface area contributed by atoms with Crippen molar-refractivity contribution in [1.82, 2.24) is 20.3 Å². The summed E-state index contributed by atoms with van der Waals surface area (Å²) < 4.78 is 23.7. The largest absolute Gasteiger partial charge is 0.456 e. The highest BCUT2D eigenvalue weighted by Gasteiger charge is 2.49. The SMILES string of the molecule is CC(=O)NC1C(C)OC(Cn2cc(-c3cccc(OC(C)=O)c3)nn2)C(OC(C)=O)C1OC(C)=O. The Balaban J connectivity index is 1.86. The van der Waals surface area contributed by atoms with Crippen molar-refractivity contribution < 1.29 is 38.1 Å². The summed E-state index contributed by atoms with van der Waals surface area (Å²) in [7, 11) is 0. The van der Waals surface area contributed by atoms with Crippen molar-refractivity contribution in [1.29, 1.82) is 0 Å². The van der Waals surface area contributed by atoms with Gasteiger partial charge in [0, 0.05) is 33.3 Å². The smallest absolute Gasteiger partial charge is 0.308 e. The van der Waals surface area contributed by atoms with E-state index in [-0.39, 0.29) is 12.5 Å². The van der Waals surface area contributed by atoms with Gasteiger partial charge < -0.3 is 24.3 Å². The van der Waals surface area contributed by atoms with Gasteiger partial charge in [0.05, 0.1) is 24.9 Å². The van der Waals surface area contributed by atoms with Crippen molar-refractivity contribution in [2.24, 2.45) is 0 Å². The molecule has 1 saturated heterocycles. The first kappa shape index (κ1) is 25.8. The molecule has 1 fully saturated rings. The van der Waals surface area contributed by atoms with Crippen LogP contribution >= 0.6 is 0 Å². The van der Waals surface area contributed by atoms with Gasteiger partial charge in [-0.2, -0.15) is 0 Å². The van der Waals surface area contributed by atoms with E-state index in [0.717, 1.165) is 0 Å². The zero-order valence-electron chi connectivity index (χ0n) is 20.1. The second-order valence-electron chi connectivity index (χ2n) is 8.20. The Morgan fingerprint density at radius 1 is 1.03 bits per heavy atom. The van der Waals surface area contributed by atoms with Crippen LogP contribution in [0.2, 0.25) is 0 Å². The van der Waals surface area contributed by atoms with Crippen molar-refractivity contribution in [2.75, 3.05) is 0 Å². The van der Waals surface area contributed by atoms with Crippen LogP contribution in [0.25, 0.3) is 11.3 Å². The molecule has 0 spiro atoms. The van der Waals surface area contributed by atoms with E-state index in [9.17, 15) is 19.2 Å². The van der Waals surface area contributed by atoms with Crippen LogP contribution in [-0.2, 0) is 39.9 Å². The summed E-state index contributed by atoms with van der Waals surface area (Å²) in [6.45, 7) is 6.95.